The van der Waals surface area contributed by atoms with Gasteiger partial charge < -0.3 is 19.3 Å². The number of Topliss-reactive ketones (excluding diaryl/α,β-unsaturated/α-hetero) is 1. The molecule has 25 heavy (non-hydrogen) atoms. The molecule has 5 nitrogen and oxygen atoms in total. The summed E-state index contributed by atoms with van der Waals surface area (Å²) in [5.41, 5.74) is 1.22. The van der Waals surface area contributed by atoms with E-state index in [0.717, 1.165) is 17.7 Å². The molecule has 1 N–H and O–H groups in total. The van der Waals surface area contributed by atoms with E-state index >= 15 is 0 Å². The topological polar surface area (TPSA) is 65.0 Å². The van der Waals surface area contributed by atoms with Crippen LogP contribution in [0.25, 0.3) is 0 Å². The third-order valence-corrected chi connectivity index (χ3v) is 3.83. The molecule has 0 unspecified atom stereocenters. The summed E-state index contributed by atoms with van der Waals surface area (Å²) in [6, 6.07) is 10.7. The molecule has 0 aromatic heterocycles. The van der Waals surface area contributed by atoms with Gasteiger partial charge in [0.15, 0.2) is 5.78 Å². The maximum Gasteiger partial charge on any atom is 0.170 e. The summed E-state index contributed by atoms with van der Waals surface area (Å²) >= 11 is 0. The molecule has 0 aliphatic heterocycles. The molecular formula is C20H24O5. The Morgan fingerprint density at radius 3 is 2.36 bits per heavy atom. The van der Waals surface area contributed by atoms with E-state index in [0.29, 0.717) is 24.5 Å². The predicted octanol–water partition coefficient (Wildman–Crippen LogP) is 4.01. The van der Waals surface area contributed by atoms with Crippen molar-refractivity contribution in [1.82, 2.24) is 0 Å². The van der Waals surface area contributed by atoms with Crippen LogP contribution < -0.4 is 14.2 Å². The standard InChI is InChI=1S/C20H24O5/c1-4-11-25-16-12-18(22)20(19(13-16)24-3)17(21)10-7-14-5-8-15(23-2)9-6-14/h5-6,8-9,12-13,22H,4,7,10-11H2,1-3H3. The summed E-state index contributed by atoms with van der Waals surface area (Å²) in [6.45, 7) is 2.53. The molecule has 0 fully saturated rings. The SMILES string of the molecule is CCCOc1cc(O)c(C(=O)CCc2ccc(OC)cc2)c(OC)c1. The monoisotopic (exact) mass is 344 g/mol. The van der Waals surface area contributed by atoms with Crippen LogP contribution in [0.1, 0.15) is 35.7 Å². The Bertz CT molecular complexity index is 707. The molecule has 0 aliphatic rings. The zero-order chi connectivity index (χ0) is 18.2. The zero-order valence-electron chi connectivity index (χ0n) is 14.9. The van der Waals surface area contributed by atoms with E-state index in [2.05, 4.69) is 0 Å². The fraction of sp³-hybridized carbons (Fsp3) is 0.350. The van der Waals surface area contributed by atoms with Gasteiger partial charge in [-0.15, -0.1) is 0 Å². The first kappa shape index (κ1) is 18.6. The predicted molar refractivity (Wildman–Crippen MR) is 96.1 cm³/mol. The van der Waals surface area contributed by atoms with Gasteiger partial charge in [0.05, 0.1) is 20.8 Å². The van der Waals surface area contributed by atoms with Gasteiger partial charge in [-0.1, -0.05) is 19.1 Å². The number of phenolic OH excluding ortho intramolecular Hbond substituents is 1. The normalized spacial score (nSPS) is 10.4. The van der Waals surface area contributed by atoms with E-state index in [-0.39, 0.29) is 23.5 Å². The smallest absolute Gasteiger partial charge is 0.170 e. The van der Waals surface area contributed by atoms with Crippen molar-refractivity contribution in [3.05, 3.63) is 47.5 Å². The van der Waals surface area contributed by atoms with Crippen LogP contribution in [0.5, 0.6) is 23.0 Å². The number of methoxy groups -OCH3 is 2. The van der Waals surface area contributed by atoms with Crippen molar-refractivity contribution in [3.63, 3.8) is 0 Å². The van der Waals surface area contributed by atoms with Gasteiger partial charge in [-0.25, -0.2) is 0 Å². The van der Waals surface area contributed by atoms with Crippen molar-refractivity contribution in [1.29, 1.82) is 0 Å². The second-order valence-corrected chi connectivity index (χ2v) is 5.64. The van der Waals surface area contributed by atoms with Crippen molar-refractivity contribution in [3.8, 4) is 23.0 Å². The number of phenols is 1. The van der Waals surface area contributed by atoms with Gasteiger partial charge in [-0.05, 0) is 30.5 Å². The first-order chi connectivity index (χ1) is 12.1. The Kier molecular flexibility index (Phi) is 6.69. The molecule has 0 heterocycles. The number of ketones is 1. The second kappa shape index (κ2) is 8.97. The molecule has 2 aromatic carbocycles. The first-order valence-corrected chi connectivity index (χ1v) is 8.29. The van der Waals surface area contributed by atoms with Crippen molar-refractivity contribution >= 4 is 5.78 Å². The third kappa shape index (κ3) is 4.89. The number of hydrogen-bond donors (Lipinski definition) is 1. The van der Waals surface area contributed by atoms with Crippen molar-refractivity contribution < 1.29 is 24.1 Å². The number of carbonyl (C=O) groups excluding carboxylic acids is 1. The minimum absolute atomic E-state index is 0.120. The Morgan fingerprint density at radius 1 is 1.04 bits per heavy atom. The lowest BCUT2D eigenvalue weighted by Crippen LogP contribution is -2.05. The largest absolute Gasteiger partial charge is 0.507 e. The lowest BCUT2D eigenvalue weighted by atomic mass is 10.0. The van der Waals surface area contributed by atoms with Crippen molar-refractivity contribution in [2.75, 3.05) is 20.8 Å². The van der Waals surface area contributed by atoms with Crippen molar-refractivity contribution in [2.45, 2.75) is 26.2 Å². The van der Waals surface area contributed by atoms with Gasteiger partial charge >= 0.3 is 0 Å². The molecule has 0 spiro atoms. The molecule has 0 radical (unpaired) electrons. The maximum absolute atomic E-state index is 12.6. The van der Waals surface area contributed by atoms with Crippen LogP contribution in [0.2, 0.25) is 0 Å². The zero-order valence-corrected chi connectivity index (χ0v) is 14.9. The molecule has 0 aliphatic carbocycles. The van der Waals surface area contributed by atoms with Gasteiger partial charge in [0.2, 0.25) is 0 Å². The molecular weight excluding hydrogens is 320 g/mol. The average molecular weight is 344 g/mol. The Balaban J connectivity index is 2.11. The molecule has 0 amide bonds. The lowest BCUT2D eigenvalue weighted by molar-refractivity contribution is 0.0977. The summed E-state index contributed by atoms with van der Waals surface area (Å²) in [4.78, 5) is 12.6. The van der Waals surface area contributed by atoms with Crippen LogP contribution in [0.3, 0.4) is 0 Å². The van der Waals surface area contributed by atoms with Crippen molar-refractivity contribution in [2.24, 2.45) is 0 Å². The third-order valence-electron chi connectivity index (χ3n) is 3.83. The number of rotatable bonds is 9. The summed E-state index contributed by atoms with van der Waals surface area (Å²) in [6.07, 6.45) is 1.69. The highest BCUT2D eigenvalue weighted by molar-refractivity contribution is 6.01. The quantitative estimate of drug-likeness (QED) is 0.696. The van der Waals surface area contributed by atoms with Crippen LogP contribution in [0, 0.1) is 0 Å². The first-order valence-electron chi connectivity index (χ1n) is 8.29. The fourth-order valence-corrected chi connectivity index (χ4v) is 2.50. The highest BCUT2D eigenvalue weighted by atomic mass is 16.5. The highest BCUT2D eigenvalue weighted by Crippen LogP contribution is 2.34. The van der Waals surface area contributed by atoms with Gasteiger partial charge in [0, 0.05) is 18.6 Å². The molecule has 2 aromatic rings. The summed E-state index contributed by atoms with van der Waals surface area (Å²) in [5.74, 6) is 1.29. The van der Waals surface area contributed by atoms with E-state index in [1.54, 1.807) is 13.2 Å². The van der Waals surface area contributed by atoms with E-state index in [1.807, 2.05) is 31.2 Å². The molecule has 2 rings (SSSR count). The Hall–Kier alpha value is -2.69. The number of aromatic hydroxyl groups is 1. The number of ether oxygens (including phenoxy) is 3. The van der Waals surface area contributed by atoms with Gasteiger partial charge in [0.1, 0.15) is 28.6 Å². The van der Waals surface area contributed by atoms with Crippen LogP contribution in [0.15, 0.2) is 36.4 Å². The van der Waals surface area contributed by atoms with Crippen LogP contribution >= 0.6 is 0 Å². The molecule has 134 valence electrons. The number of aryl methyl sites for hydroxylation is 1. The second-order valence-electron chi connectivity index (χ2n) is 5.64. The number of carbonyl (C=O) groups is 1. The summed E-state index contributed by atoms with van der Waals surface area (Å²) in [7, 11) is 3.08. The maximum atomic E-state index is 12.6. The van der Waals surface area contributed by atoms with E-state index in [9.17, 15) is 9.90 Å². The lowest BCUT2D eigenvalue weighted by Gasteiger charge is -2.13. The molecule has 0 bridgehead atoms. The number of benzene rings is 2. The van der Waals surface area contributed by atoms with Crippen LogP contribution in [-0.4, -0.2) is 31.7 Å². The van der Waals surface area contributed by atoms with Crippen LogP contribution in [0.4, 0.5) is 0 Å². The Labute approximate surface area is 148 Å². The average Bonchev–Trinajstić information content (AvgIpc) is 2.64. The van der Waals surface area contributed by atoms with E-state index in [4.69, 9.17) is 14.2 Å². The molecule has 0 saturated heterocycles. The molecule has 5 heteroatoms. The van der Waals surface area contributed by atoms with E-state index in [1.165, 1.54) is 13.2 Å². The van der Waals surface area contributed by atoms with Gasteiger partial charge in [-0.3, -0.25) is 4.79 Å². The summed E-state index contributed by atoms with van der Waals surface area (Å²) < 4.78 is 15.9. The van der Waals surface area contributed by atoms with Gasteiger partial charge in [-0.2, -0.15) is 0 Å². The van der Waals surface area contributed by atoms with Crippen LogP contribution in [-0.2, 0) is 6.42 Å². The summed E-state index contributed by atoms with van der Waals surface area (Å²) in [5, 5.41) is 10.2. The van der Waals surface area contributed by atoms with E-state index < -0.39 is 0 Å². The minimum Gasteiger partial charge on any atom is -0.507 e. The fourth-order valence-electron chi connectivity index (χ4n) is 2.50. The Morgan fingerprint density at radius 2 is 1.76 bits per heavy atom. The number of hydrogen-bond acceptors (Lipinski definition) is 5. The molecule has 0 atom stereocenters. The highest BCUT2D eigenvalue weighted by Gasteiger charge is 2.19. The van der Waals surface area contributed by atoms with Gasteiger partial charge in [0.25, 0.3) is 0 Å². The minimum atomic E-state index is -0.174. The molecule has 0 saturated carbocycles.